The van der Waals surface area contributed by atoms with E-state index in [0.717, 1.165) is 39.3 Å². The third-order valence-electron chi connectivity index (χ3n) is 5.35. The third kappa shape index (κ3) is 3.91. The minimum Gasteiger partial charge on any atom is -0.444 e. The molecule has 1 aliphatic heterocycles. The lowest BCUT2D eigenvalue weighted by Crippen LogP contribution is -2.33. The maximum Gasteiger partial charge on any atom is 0.410 e. The SMILES string of the molecule is Cc1cccc(C)c1-n1nc2c(c1-c1ccc(C#N)cc1)CN(C(=O)OC(C)(C)C)C2. The number of ether oxygens (including phenoxy) is 1. The van der Waals surface area contributed by atoms with Crippen LogP contribution in [-0.2, 0) is 17.8 Å². The first-order valence-corrected chi connectivity index (χ1v) is 10.3. The van der Waals surface area contributed by atoms with Crippen molar-refractivity contribution in [3.8, 4) is 23.0 Å². The first-order chi connectivity index (χ1) is 14.7. The van der Waals surface area contributed by atoms with Gasteiger partial charge in [0.05, 0.1) is 41.8 Å². The molecule has 2 aromatic carbocycles. The van der Waals surface area contributed by atoms with E-state index in [-0.39, 0.29) is 6.09 Å². The Hall–Kier alpha value is -3.59. The summed E-state index contributed by atoms with van der Waals surface area (Å²) in [6, 6.07) is 15.9. The van der Waals surface area contributed by atoms with Gasteiger partial charge in [-0.2, -0.15) is 10.4 Å². The number of amides is 1. The Labute approximate surface area is 182 Å². The van der Waals surface area contributed by atoms with Gasteiger partial charge in [-0.1, -0.05) is 30.3 Å². The summed E-state index contributed by atoms with van der Waals surface area (Å²) in [5.41, 5.74) is 7.13. The summed E-state index contributed by atoms with van der Waals surface area (Å²) in [7, 11) is 0. The summed E-state index contributed by atoms with van der Waals surface area (Å²) in [5.74, 6) is 0. The van der Waals surface area contributed by atoms with Crippen LogP contribution in [0.1, 0.15) is 48.7 Å². The van der Waals surface area contributed by atoms with Crippen molar-refractivity contribution in [3.05, 3.63) is 70.4 Å². The quantitative estimate of drug-likeness (QED) is 0.572. The lowest BCUT2D eigenvalue weighted by molar-refractivity contribution is 0.0239. The van der Waals surface area contributed by atoms with Gasteiger partial charge in [-0.25, -0.2) is 9.48 Å². The van der Waals surface area contributed by atoms with Crippen LogP contribution in [0.15, 0.2) is 42.5 Å². The number of nitriles is 1. The number of carbonyl (C=O) groups is 1. The Balaban J connectivity index is 1.82. The zero-order valence-electron chi connectivity index (χ0n) is 18.6. The summed E-state index contributed by atoms with van der Waals surface area (Å²) < 4.78 is 7.56. The normalized spacial score (nSPS) is 13.1. The van der Waals surface area contributed by atoms with Gasteiger partial charge in [0.25, 0.3) is 0 Å². The van der Waals surface area contributed by atoms with Crippen molar-refractivity contribution in [3.63, 3.8) is 0 Å². The van der Waals surface area contributed by atoms with Gasteiger partial charge in [-0.3, -0.25) is 4.90 Å². The predicted octanol–water partition coefficient (Wildman–Crippen LogP) is 5.28. The van der Waals surface area contributed by atoms with Crippen LogP contribution in [0.3, 0.4) is 0 Å². The molecule has 3 aromatic rings. The highest BCUT2D eigenvalue weighted by atomic mass is 16.6. The van der Waals surface area contributed by atoms with Crippen LogP contribution in [-0.4, -0.2) is 26.4 Å². The Morgan fingerprint density at radius 2 is 1.71 bits per heavy atom. The molecule has 1 aromatic heterocycles. The molecule has 0 radical (unpaired) electrons. The minimum absolute atomic E-state index is 0.338. The van der Waals surface area contributed by atoms with Crippen LogP contribution >= 0.6 is 0 Å². The van der Waals surface area contributed by atoms with Crippen molar-refractivity contribution in [1.29, 1.82) is 5.26 Å². The summed E-state index contributed by atoms with van der Waals surface area (Å²) >= 11 is 0. The van der Waals surface area contributed by atoms with Crippen LogP contribution in [0.5, 0.6) is 0 Å². The third-order valence-corrected chi connectivity index (χ3v) is 5.35. The molecule has 0 saturated heterocycles. The highest BCUT2D eigenvalue weighted by Crippen LogP contribution is 2.36. The van der Waals surface area contributed by atoms with Crippen molar-refractivity contribution in [2.24, 2.45) is 0 Å². The number of para-hydroxylation sites is 1. The van der Waals surface area contributed by atoms with Crippen molar-refractivity contribution in [2.45, 2.75) is 53.3 Å². The highest BCUT2D eigenvalue weighted by molar-refractivity contribution is 5.74. The van der Waals surface area contributed by atoms with Gasteiger partial charge < -0.3 is 4.74 Å². The smallest absolute Gasteiger partial charge is 0.410 e. The van der Waals surface area contributed by atoms with Crippen LogP contribution in [0.4, 0.5) is 4.79 Å². The van der Waals surface area contributed by atoms with E-state index in [0.29, 0.717) is 18.7 Å². The molecule has 0 aliphatic carbocycles. The van der Waals surface area contributed by atoms with Crippen LogP contribution in [0, 0.1) is 25.2 Å². The molecular formula is C25H26N4O2. The maximum absolute atomic E-state index is 12.7. The maximum atomic E-state index is 12.7. The standard InChI is InChI=1S/C25H26N4O2/c1-16-7-6-8-17(2)22(16)29-23(19-11-9-18(13-26)10-12-19)20-14-28(15-21(20)27-29)24(30)31-25(3,4)5/h6-12H,14-15H2,1-5H3. The van der Waals surface area contributed by atoms with Gasteiger partial charge in [-0.15, -0.1) is 0 Å². The van der Waals surface area contributed by atoms with Crippen molar-refractivity contribution >= 4 is 6.09 Å². The molecule has 31 heavy (non-hydrogen) atoms. The van der Waals surface area contributed by atoms with Gasteiger partial charge in [0.1, 0.15) is 5.60 Å². The Morgan fingerprint density at radius 3 is 2.29 bits per heavy atom. The van der Waals surface area contributed by atoms with E-state index < -0.39 is 5.60 Å². The van der Waals surface area contributed by atoms with Gasteiger partial charge in [0.2, 0.25) is 0 Å². The van der Waals surface area contributed by atoms with E-state index in [9.17, 15) is 10.1 Å². The second-order valence-electron chi connectivity index (χ2n) is 8.95. The number of hydrogen-bond donors (Lipinski definition) is 0. The number of hydrogen-bond acceptors (Lipinski definition) is 4. The van der Waals surface area contributed by atoms with Crippen molar-refractivity contribution < 1.29 is 9.53 Å². The van der Waals surface area contributed by atoms with E-state index in [2.05, 4.69) is 32.0 Å². The fourth-order valence-electron chi connectivity index (χ4n) is 3.97. The summed E-state index contributed by atoms with van der Waals surface area (Å²) in [6.45, 7) is 10.6. The summed E-state index contributed by atoms with van der Waals surface area (Å²) in [6.07, 6.45) is -0.338. The summed E-state index contributed by atoms with van der Waals surface area (Å²) in [4.78, 5) is 14.3. The fourth-order valence-corrected chi connectivity index (χ4v) is 3.97. The average molecular weight is 415 g/mol. The molecule has 0 unspecified atom stereocenters. The number of nitrogens with zero attached hydrogens (tertiary/aromatic N) is 4. The molecule has 1 amide bonds. The first kappa shape index (κ1) is 20.7. The number of aryl methyl sites for hydroxylation is 2. The van der Waals surface area contributed by atoms with Crippen LogP contribution < -0.4 is 0 Å². The monoisotopic (exact) mass is 414 g/mol. The molecule has 0 N–H and O–H groups in total. The van der Waals surface area contributed by atoms with Crippen LogP contribution in [0.25, 0.3) is 16.9 Å². The number of carbonyl (C=O) groups excluding carboxylic acids is 1. The average Bonchev–Trinajstić information content (AvgIpc) is 3.25. The molecule has 4 rings (SSSR count). The highest BCUT2D eigenvalue weighted by Gasteiger charge is 2.34. The molecule has 0 bridgehead atoms. The predicted molar refractivity (Wildman–Crippen MR) is 119 cm³/mol. The Bertz CT molecular complexity index is 1170. The van der Waals surface area contributed by atoms with E-state index in [1.807, 2.05) is 55.8 Å². The van der Waals surface area contributed by atoms with Gasteiger partial charge in [-0.05, 0) is 57.9 Å². The van der Waals surface area contributed by atoms with E-state index >= 15 is 0 Å². The number of fused-ring (bicyclic) bond motifs is 1. The molecule has 1 aliphatic rings. The zero-order chi connectivity index (χ0) is 22.3. The van der Waals surface area contributed by atoms with Crippen molar-refractivity contribution in [1.82, 2.24) is 14.7 Å². The summed E-state index contributed by atoms with van der Waals surface area (Å²) in [5, 5.41) is 14.1. The largest absolute Gasteiger partial charge is 0.444 e. The topological polar surface area (TPSA) is 71.2 Å². The van der Waals surface area contributed by atoms with E-state index in [1.54, 1.807) is 4.90 Å². The van der Waals surface area contributed by atoms with Crippen molar-refractivity contribution in [2.75, 3.05) is 0 Å². The molecule has 2 heterocycles. The molecule has 0 spiro atoms. The zero-order valence-corrected chi connectivity index (χ0v) is 18.6. The Kier molecular flexibility index (Phi) is 5.06. The lowest BCUT2D eigenvalue weighted by Gasteiger charge is -2.24. The Morgan fingerprint density at radius 1 is 1.06 bits per heavy atom. The van der Waals surface area contributed by atoms with E-state index in [1.165, 1.54) is 0 Å². The van der Waals surface area contributed by atoms with E-state index in [4.69, 9.17) is 9.84 Å². The molecule has 6 heteroatoms. The molecule has 6 nitrogen and oxygen atoms in total. The molecule has 0 fully saturated rings. The lowest BCUT2D eigenvalue weighted by atomic mass is 10.0. The second kappa shape index (κ2) is 7.59. The molecule has 158 valence electrons. The van der Waals surface area contributed by atoms with Gasteiger partial charge in [0, 0.05) is 11.1 Å². The number of rotatable bonds is 2. The second-order valence-corrected chi connectivity index (χ2v) is 8.95. The fraction of sp³-hybridized carbons (Fsp3) is 0.320. The number of benzene rings is 2. The molecular weight excluding hydrogens is 388 g/mol. The van der Waals surface area contributed by atoms with Gasteiger partial charge in [0.15, 0.2) is 0 Å². The molecule has 0 saturated carbocycles. The first-order valence-electron chi connectivity index (χ1n) is 10.3. The van der Waals surface area contributed by atoms with Crippen LogP contribution in [0.2, 0.25) is 0 Å². The molecule has 0 atom stereocenters. The van der Waals surface area contributed by atoms with Gasteiger partial charge >= 0.3 is 6.09 Å². The number of aromatic nitrogens is 2. The minimum atomic E-state index is -0.550.